The summed E-state index contributed by atoms with van der Waals surface area (Å²) in [7, 11) is 0. The third-order valence-electron chi connectivity index (χ3n) is 7.08. The van der Waals surface area contributed by atoms with Gasteiger partial charge in [-0.1, -0.05) is 56.2 Å². The fraction of sp³-hybridized carbons (Fsp3) is 0.429. The number of hydrogen-bond donors (Lipinski definition) is 1. The van der Waals surface area contributed by atoms with Gasteiger partial charge in [0.15, 0.2) is 5.11 Å². The number of nitrogens with one attached hydrogen (secondary N) is 1. The molecule has 2 fully saturated rings. The van der Waals surface area contributed by atoms with Crippen LogP contribution in [0.4, 0.5) is 5.69 Å². The molecule has 2 heterocycles. The van der Waals surface area contributed by atoms with Crippen molar-refractivity contribution in [3.05, 3.63) is 65.2 Å². The zero-order valence-corrected chi connectivity index (χ0v) is 20.7. The van der Waals surface area contributed by atoms with Crippen molar-refractivity contribution in [3.63, 3.8) is 0 Å². The van der Waals surface area contributed by atoms with E-state index in [9.17, 15) is 4.79 Å². The summed E-state index contributed by atoms with van der Waals surface area (Å²) >= 11 is 5.83. The first kappa shape index (κ1) is 23.3. The van der Waals surface area contributed by atoms with Gasteiger partial charge >= 0.3 is 0 Å². The van der Waals surface area contributed by atoms with Crippen molar-refractivity contribution in [2.75, 3.05) is 31.5 Å². The third-order valence-corrected chi connectivity index (χ3v) is 7.44. The molecule has 1 spiro atoms. The Morgan fingerprint density at radius 1 is 1.00 bits per heavy atom. The van der Waals surface area contributed by atoms with Crippen molar-refractivity contribution >= 4 is 28.9 Å². The number of carbonyl (C=O) groups excluding carboxylic acids is 1. The molecule has 33 heavy (non-hydrogen) atoms. The molecular formula is C28H33N3OS. The number of nitrogens with zero attached hydrogens (tertiary/aromatic N) is 2. The van der Waals surface area contributed by atoms with Gasteiger partial charge < -0.3 is 15.1 Å². The second-order valence-electron chi connectivity index (χ2n) is 9.70. The highest BCUT2D eigenvalue weighted by atomic mass is 32.1. The van der Waals surface area contributed by atoms with Gasteiger partial charge in [-0.25, -0.2) is 0 Å². The van der Waals surface area contributed by atoms with E-state index in [2.05, 4.69) is 61.0 Å². The molecule has 2 aromatic carbocycles. The van der Waals surface area contributed by atoms with Crippen molar-refractivity contribution in [3.8, 4) is 11.8 Å². The van der Waals surface area contributed by atoms with Crippen LogP contribution in [0.1, 0.15) is 55.7 Å². The number of para-hydroxylation sites is 1. The van der Waals surface area contributed by atoms with Crippen molar-refractivity contribution in [2.24, 2.45) is 5.41 Å². The van der Waals surface area contributed by atoms with Gasteiger partial charge in [-0.2, -0.15) is 0 Å². The Hall–Kier alpha value is -2.84. The maximum absolute atomic E-state index is 12.6. The molecule has 2 aliphatic heterocycles. The normalized spacial score (nSPS) is 17.1. The summed E-state index contributed by atoms with van der Waals surface area (Å²) in [5.74, 6) is 6.18. The molecule has 2 aromatic rings. The first-order chi connectivity index (χ1) is 15.9. The number of likely N-dealkylation sites (tertiary alicyclic amines) is 2. The van der Waals surface area contributed by atoms with Crippen molar-refractivity contribution in [1.29, 1.82) is 0 Å². The van der Waals surface area contributed by atoms with E-state index in [1.807, 2.05) is 35.2 Å². The number of aryl methyl sites for hydroxylation is 1. The predicted octanol–water partition coefficient (Wildman–Crippen LogP) is 5.18. The number of hydrogen-bond acceptors (Lipinski definition) is 2. The Balaban J connectivity index is 1.34. The zero-order valence-electron chi connectivity index (χ0n) is 19.9. The largest absolute Gasteiger partial charge is 0.348 e. The molecule has 172 valence electrons. The maximum atomic E-state index is 12.6. The quantitative estimate of drug-likeness (QED) is 0.496. The highest BCUT2D eigenvalue weighted by molar-refractivity contribution is 7.80. The monoisotopic (exact) mass is 459 g/mol. The minimum Gasteiger partial charge on any atom is -0.348 e. The molecule has 0 aromatic heterocycles. The Bertz CT molecular complexity index is 1080. The van der Waals surface area contributed by atoms with Gasteiger partial charge in [-0.05, 0) is 73.0 Å². The van der Waals surface area contributed by atoms with Crippen LogP contribution in [-0.4, -0.2) is 47.0 Å². The van der Waals surface area contributed by atoms with Gasteiger partial charge in [-0.15, -0.1) is 0 Å². The second-order valence-corrected chi connectivity index (χ2v) is 10.1. The molecule has 0 atom stereocenters. The summed E-state index contributed by atoms with van der Waals surface area (Å²) in [4.78, 5) is 16.8. The Morgan fingerprint density at radius 3 is 2.33 bits per heavy atom. The van der Waals surface area contributed by atoms with Crippen LogP contribution in [0, 0.1) is 24.2 Å². The van der Waals surface area contributed by atoms with Gasteiger partial charge in [0.25, 0.3) is 5.91 Å². The molecule has 0 unspecified atom stereocenters. The van der Waals surface area contributed by atoms with E-state index in [0.717, 1.165) is 61.8 Å². The second kappa shape index (κ2) is 9.97. The number of amides is 1. The SMILES string of the molecule is Cc1cccc(C(C)C)c1NC(=S)N1CCC2(CCN(C(=O)C#Cc3ccccc3)CC2)C1. The highest BCUT2D eigenvalue weighted by Crippen LogP contribution is 2.40. The summed E-state index contributed by atoms with van der Waals surface area (Å²) in [6.07, 6.45) is 3.14. The Labute approximate surface area is 203 Å². The number of benzene rings is 2. The molecule has 1 N–H and O–H groups in total. The van der Waals surface area contributed by atoms with Crippen LogP contribution in [0.2, 0.25) is 0 Å². The summed E-state index contributed by atoms with van der Waals surface area (Å²) in [6, 6.07) is 16.1. The summed E-state index contributed by atoms with van der Waals surface area (Å²) in [5.41, 5.74) is 4.79. The molecule has 2 saturated heterocycles. The van der Waals surface area contributed by atoms with Crippen molar-refractivity contribution in [1.82, 2.24) is 9.80 Å². The number of carbonyl (C=O) groups is 1. The van der Waals surface area contributed by atoms with Gasteiger partial charge in [0.05, 0.1) is 0 Å². The van der Waals surface area contributed by atoms with E-state index in [1.165, 1.54) is 11.1 Å². The first-order valence-electron chi connectivity index (χ1n) is 11.9. The summed E-state index contributed by atoms with van der Waals surface area (Å²) in [5, 5.41) is 4.37. The summed E-state index contributed by atoms with van der Waals surface area (Å²) < 4.78 is 0. The van der Waals surface area contributed by atoms with Gasteiger partial charge in [0.1, 0.15) is 0 Å². The zero-order chi connectivity index (χ0) is 23.4. The van der Waals surface area contributed by atoms with Gasteiger partial charge in [-0.3, -0.25) is 4.79 Å². The molecule has 4 rings (SSSR count). The van der Waals surface area contributed by atoms with Crippen molar-refractivity contribution in [2.45, 2.75) is 46.0 Å². The predicted molar refractivity (Wildman–Crippen MR) is 139 cm³/mol. The van der Waals surface area contributed by atoms with Crippen molar-refractivity contribution < 1.29 is 4.79 Å². The van der Waals surface area contributed by atoms with Crippen LogP contribution >= 0.6 is 12.2 Å². The number of rotatable bonds is 2. The molecule has 0 radical (unpaired) electrons. The van der Waals surface area contributed by atoms with E-state index in [4.69, 9.17) is 12.2 Å². The van der Waals surface area contributed by atoms with Crippen LogP contribution in [0.25, 0.3) is 0 Å². The Kier molecular flexibility index (Phi) is 7.05. The van der Waals surface area contributed by atoms with Crippen LogP contribution in [0.5, 0.6) is 0 Å². The standard InChI is InChI=1S/C28H33N3OS/c1-21(2)24-11-7-8-22(3)26(24)29-27(33)31-19-16-28(20-31)14-17-30(18-15-28)25(32)13-12-23-9-5-4-6-10-23/h4-11,21H,14-20H2,1-3H3,(H,29,33). The fourth-order valence-electron chi connectivity index (χ4n) is 4.96. The van der Waals surface area contributed by atoms with E-state index in [-0.39, 0.29) is 11.3 Å². The maximum Gasteiger partial charge on any atom is 0.298 e. The van der Waals surface area contributed by atoms with Crippen LogP contribution in [0.15, 0.2) is 48.5 Å². The number of piperidine rings is 1. The number of thiocarbonyl (C=S) groups is 1. The minimum absolute atomic E-state index is 0.0680. The van der Waals surface area contributed by atoms with Gasteiger partial charge in [0, 0.05) is 43.4 Å². The molecule has 0 aliphatic carbocycles. The average molecular weight is 460 g/mol. The lowest BCUT2D eigenvalue weighted by molar-refractivity contribution is -0.127. The van der Waals surface area contributed by atoms with Crippen LogP contribution in [-0.2, 0) is 4.79 Å². The fourth-order valence-corrected chi connectivity index (χ4v) is 5.21. The molecule has 4 nitrogen and oxygen atoms in total. The molecule has 0 bridgehead atoms. The topological polar surface area (TPSA) is 35.6 Å². The average Bonchev–Trinajstić information content (AvgIpc) is 3.23. The molecule has 2 aliphatic rings. The minimum atomic E-state index is -0.0680. The summed E-state index contributed by atoms with van der Waals surface area (Å²) in [6.45, 7) is 10.0. The molecule has 0 saturated carbocycles. The van der Waals surface area contributed by atoms with Crippen LogP contribution < -0.4 is 5.32 Å². The Morgan fingerprint density at radius 2 is 1.67 bits per heavy atom. The molecular weight excluding hydrogens is 426 g/mol. The van der Waals surface area contributed by atoms with Crippen LogP contribution in [0.3, 0.4) is 0 Å². The smallest absolute Gasteiger partial charge is 0.298 e. The number of anilines is 1. The van der Waals surface area contributed by atoms with E-state index < -0.39 is 0 Å². The van der Waals surface area contributed by atoms with E-state index >= 15 is 0 Å². The first-order valence-corrected chi connectivity index (χ1v) is 12.3. The van der Waals surface area contributed by atoms with Gasteiger partial charge in [0.2, 0.25) is 0 Å². The highest BCUT2D eigenvalue weighted by Gasteiger charge is 2.42. The lowest BCUT2D eigenvalue weighted by atomic mass is 9.78. The molecule has 5 heteroatoms. The lowest BCUT2D eigenvalue weighted by Crippen LogP contribution is -2.44. The third kappa shape index (κ3) is 5.39. The van der Waals surface area contributed by atoms with E-state index in [1.54, 1.807) is 0 Å². The lowest BCUT2D eigenvalue weighted by Gasteiger charge is -2.38. The van der Waals surface area contributed by atoms with E-state index in [0.29, 0.717) is 5.92 Å². The molecule has 1 amide bonds.